The van der Waals surface area contributed by atoms with Crippen molar-refractivity contribution in [2.45, 2.75) is 24.9 Å². The Morgan fingerprint density at radius 3 is 2.72 bits per heavy atom. The third-order valence-corrected chi connectivity index (χ3v) is 6.26. The van der Waals surface area contributed by atoms with Crippen LogP contribution in [0.15, 0.2) is 60.0 Å². The van der Waals surface area contributed by atoms with Gasteiger partial charge in [-0.25, -0.2) is 4.99 Å². The number of aryl methyl sites for hydroxylation is 1. The quantitative estimate of drug-likeness (QED) is 0.441. The lowest BCUT2D eigenvalue weighted by molar-refractivity contribution is -0.137. The number of benzene rings is 2. The van der Waals surface area contributed by atoms with Crippen LogP contribution in [0.25, 0.3) is 5.57 Å². The van der Waals surface area contributed by atoms with E-state index in [1.54, 1.807) is 24.1 Å². The van der Waals surface area contributed by atoms with Crippen molar-refractivity contribution in [1.82, 2.24) is 20.4 Å². The molecule has 3 aromatic rings. The molecule has 0 aliphatic carbocycles. The average Bonchev–Trinajstić information content (AvgIpc) is 3.29. The van der Waals surface area contributed by atoms with Gasteiger partial charge in [-0.3, -0.25) is 10.4 Å². The van der Waals surface area contributed by atoms with Crippen molar-refractivity contribution in [3.05, 3.63) is 82.8 Å². The second kappa shape index (κ2) is 8.99. The van der Waals surface area contributed by atoms with Gasteiger partial charge in [-0.05, 0) is 54.4 Å². The molecule has 1 atom stereocenters. The van der Waals surface area contributed by atoms with E-state index in [0.29, 0.717) is 11.4 Å². The van der Waals surface area contributed by atoms with Crippen LogP contribution in [0.5, 0.6) is 5.75 Å². The predicted octanol–water partition coefficient (Wildman–Crippen LogP) is 3.32. The van der Waals surface area contributed by atoms with E-state index in [4.69, 9.17) is 10.5 Å². The summed E-state index contributed by atoms with van der Waals surface area (Å²) < 4.78 is 47.5. The Bertz CT molecular complexity index is 1360. The number of nitrogens with one attached hydrogen (secondary N) is 3. The Kier molecular flexibility index (Phi) is 5.97. The number of alkyl halides is 3. The lowest BCUT2D eigenvalue weighted by Crippen LogP contribution is -2.50. The third kappa shape index (κ3) is 4.67. The normalized spacial score (nSPS) is 19.6. The van der Waals surface area contributed by atoms with Crippen molar-refractivity contribution in [1.29, 1.82) is 0 Å². The molecule has 0 radical (unpaired) electrons. The van der Waals surface area contributed by atoms with Crippen LogP contribution in [0.4, 0.5) is 18.9 Å². The summed E-state index contributed by atoms with van der Waals surface area (Å²) >= 11 is 0. The number of anilines is 1. The van der Waals surface area contributed by atoms with Gasteiger partial charge < -0.3 is 20.7 Å². The minimum absolute atomic E-state index is 0.0281. The van der Waals surface area contributed by atoms with Crippen LogP contribution in [-0.2, 0) is 32.0 Å². The minimum atomic E-state index is -4.58. The number of hydrogen-bond acceptors (Lipinski definition) is 7. The number of rotatable bonds is 4. The van der Waals surface area contributed by atoms with Gasteiger partial charge in [0.05, 0.1) is 18.9 Å². The van der Waals surface area contributed by atoms with E-state index in [1.807, 2.05) is 18.3 Å². The molecule has 1 aromatic heterocycles. The van der Waals surface area contributed by atoms with Gasteiger partial charge in [0.25, 0.3) is 0 Å². The fourth-order valence-corrected chi connectivity index (χ4v) is 4.34. The zero-order valence-corrected chi connectivity index (χ0v) is 19.8. The fourth-order valence-electron chi connectivity index (χ4n) is 4.34. The second-order valence-corrected chi connectivity index (χ2v) is 8.82. The van der Waals surface area contributed by atoms with Gasteiger partial charge in [0.1, 0.15) is 11.6 Å². The van der Waals surface area contributed by atoms with Crippen molar-refractivity contribution < 1.29 is 17.9 Å². The van der Waals surface area contributed by atoms with Gasteiger partial charge in [0.2, 0.25) is 5.79 Å². The van der Waals surface area contributed by atoms with Crippen molar-refractivity contribution >= 4 is 17.1 Å². The summed E-state index contributed by atoms with van der Waals surface area (Å²) in [6.45, 7) is 1.69. The Balaban J connectivity index is 1.57. The average molecular weight is 498 g/mol. The Morgan fingerprint density at radius 1 is 1.17 bits per heavy atom. The van der Waals surface area contributed by atoms with Crippen LogP contribution < -0.4 is 26.4 Å². The van der Waals surface area contributed by atoms with Gasteiger partial charge in [0, 0.05) is 48.4 Å². The maximum Gasteiger partial charge on any atom is 0.416 e. The highest BCUT2D eigenvalue weighted by atomic mass is 19.4. The largest absolute Gasteiger partial charge is 0.497 e. The maximum atomic E-state index is 13.6. The first-order chi connectivity index (χ1) is 17.1. The van der Waals surface area contributed by atoms with Crippen LogP contribution in [0.3, 0.4) is 0 Å². The number of methoxy groups -OCH3 is 1. The molecule has 2 aliphatic heterocycles. The highest BCUT2D eigenvalue weighted by Crippen LogP contribution is 2.36. The number of amidine groups is 1. The Hall–Kier alpha value is -3.83. The smallest absolute Gasteiger partial charge is 0.416 e. The number of ether oxygens (including phenoxy) is 1. The molecule has 0 saturated carbocycles. The summed E-state index contributed by atoms with van der Waals surface area (Å²) in [7, 11) is 3.10. The number of aliphatic imine (C=N–C) groups is 1. The molecule has 3 heterocycles. The van der Waals surface area contributed by atoms with Gasteiger partial charge in [-0.1, -0.05) is 6.07 Å². The van der Waals surface area contributed by atoms with E-state index in [0.717, 1.165) is 42.9 Å². The van der Waals surface area contributed by atoms with Crippen molar-refractivity contribution in [3.63, 3.8) is 0 Å². The lowest BCUT2D eigenvalue weighted by Gasteiger charge is -2.32. The first kappa shape index (κ1) is 23.9. The Morgan fingerprint density at radius 2 is 2.00 bits per heavy atom. The number of fused-ring (bicyclic) bond motifs is 1. The van der Waals surface area contributed by atoms with Gasteiger partial charge in [0.15, 0.2) is 0 Å². The van der Waals surface area contributed by atoms with Gasteiger partial charge in [-0.15, -0.1) is 0 Å². The summed E-state index contributed by atoms with van der Waals surface area (Å²) in [5.74, 6) is -1.26. The molecule has 0 amide bonds. The molecular weight excluding hydrogens is 471 g/mol. The van der Waals surface area contributed by atoms with Crippen molar-refractivity contribution in [2.75, 3.05) is 19.0 Å². The van der Waals surface area contributed by atoms with Gasteiger partial charge in [-0.2, -0.15) is 18.3 Å². The van der Waals surface area contributed by atoms with Crippen molar-refractivity contribution in [2.24, 2.45) is 17.8 Å². The molecular formula is C25H26F3N7O. The number of nitrogens with two attached hydrogens (primary N) is 1. The molecule has 36 heavy (non-hydrogen) atoms. The second-order valence-electron chi connectivity index (χ2n) is 8.82. The van der Waals surface area contributed by atoms with E-state index in [9.17, 15) is 13.2 Å². The lowest BCUT2D eigenvalue weighted by atomic mass is 9.99. The topological polar surface area (TPSA) is 102 Å². The number of aromatic nitrogens is 2. The van der Waals surface area contributed by atoms with Crippen molar-refractivity contribution in [3.8, 4) is 5.75 Å². The van der Waals surface area contributed by atoms with E-state index in [2.05, 4.69) is 32.1 Å². The van der Waals surface area contributed by atoms with Crippen LogP contribution >= 0.6 is 0 Å². The monoisotopic (exact) mass is 497 g/mol. The molecule has 5 rings (SSSR count). The molecule has 11 heteroatoms. The highest BCUT2D eigenvalue weighted by molar-refractivity contribution is 6.28. The number of hydrogen-bond donors (Lipinski definition) is 4. The van der Waals surface area contributed by atoms with Crippen LogP contribution in [0.2, 0.25) is 0 Å². The van der Waals surface area contributed by atoms with E-state index in [-0.39, 0.29) is 11.3 Å². The molecule has 2 aliphatic rings. The van der Waals surface area contributed by atoms with E-state index in [1.165, 1.54) is 24.3 Å². The SMILES string of the molecule is COc1cc(C(F)(F)F)cc(C2(N)N=C(Nc3ccc4c(c3)CNCC4)C(c3cnn(C)c3)=CN2)c1. The van der Waals surface area contributed by atoms with Crippen LogP contribution in [-0.4, -0.2) is 29.3 Å². The summed E-state index contributed by atoms with van der Waals surface area (Å²) in [6, 6.07) is 9.41. The standard InChI is InChI=1S/C25H26F3N7O/c1-35-14-17(12-32-35)22-13-31-25(29,19-8-18(24(26,27)28)9-21(10-19)36-2)34-23(22)33-20-4-3-15-5-6-30-11-16(15)7-20/h3-4,7-10,12-14,30-31H,5-6,11,29H2,1-2H3,(H,33,34). The summed E-state index contributed by atoms with van der Waals surface area (Å²) in [6.07, 6.45) is 1.51. The van der Waals surface area contributed by atoms with Crippen LogP contribution in [0.1, 0.15) is 27.8 Å². The van der Waals surface area contributed by atoms with E-state index < -0.39 is 17.5 Å². The zero-order chi connectivity index (χ0) is 25.5. The molecule has 1 unspecified atom stereocenters. The predicted molar refractivity (Wildman–Crippen MR) is 131 cm³/mol. The molecule has 0 saturated heterocycles. The summed E-state index contributed by atoms with van der Waals surface area (Å²) in [5, 5.41) is 13.9. The minimum Gasteiger partial charge on any atom is -0.497 e. The molecule has 8 nitrogen and oxygen atoms in total. The molecule has 0 bridgehead atoms. The molecule has 0 fully saturated rings. The maximum absolute atomic E-state index is 13.6. The molecule has 0 spiro atoms. The summed E-state index contributed by atoms with van der Waals surface area (Å²) in [5.41, 5.74) is 10.5. The zero-order valence-electron chi connectivity index (χ0n) is 19.8. The van der Waals surface area contributed by atoms with E-state index >= 15 is 0 Å². The number of halogens is 3. The van der Waals surface area contributed by atoms with Gasteiger partial charge >= 0.3 is 6.18 Å². The molecule has 5 N–H and O–H groups in total. The first-order valence-electron chi connectivity index (χ1n) is 11.4. The highest BCUT2D eigenvalue weighted by Gasteiger charge is 2.37. The summed E-state index contributed by atoms with van der Waals surface area (Å²) in [4.78, 5) is 4.69. The molecule has 2 aromatic carbocycles. The number of nitrogens with zero attached hydrogens (tertiary/aromatic N) is 3. The molecule has 188 valence electrons. The van der Waals surface area contributed by atoms with Crippen LogP contribution in [0, 0.1) is 0 Å². The first-order valence-corrected chi connectivity index (χ1v) is 11.4. The third-order valence-electron chi connectivity index (χ3n) is 6.26. The Labute approximate surface area is 206 Å². The fraction of sp³-hybridized carbons (Fsp3) is 0.280.